The summed E-state index contributed by atoms with van der Waals surface area (Å²) in [6, 6.07) is 15.9. The molecule has 2 aromatic rings. The van der Waals surface area contributed by atoms with E-state index in [9.17, 15) is 24.6 Å². The lowest BCUT2D eigenvalue weighted by Gasteiger charge is -2.21. The number of rotatable bonds is 8. The van der Waals surface area contributed by atoms with E-state index >= 15 is 0 Å². The highest BCUT2D eigenvalue weighted by atomic mass is 16.5. The molecule has 2 unspecified atom stereocenters. The van der Waals surface area contributed by atoms with Crippen LogP contribution in [-0.2, 0) is 27.4 Å². The molecule has 0 aromatic heterocycles. The molecule has 0 bridgehead atoms. The number of hydrogen-bond acceptors (Lipinski definition) is 4. The van der Waals surface area contributed by atoms with Crippen LogP contribution in [0.3, 0.4) is 0 Å². The van der Waals surface area contributed by atoms with Gasteiger partial charge in [0.1, 0.15) is 12.6 Å². The average Bonchev–Trinajstić information content (AvgIpc) is 2.64. The lowest BCUT2D eigenvalue weighted by atomic mass is 9.92. The molecule has 26 heavy (non-hydrogen) atoms. The van der Waals surface area contributed by atoms with Gasteiger partial charge in [-0.25, -0.2) is 9.59 Å². The molecular weight excluding hydrogens is 338 g/mol. The second-order valence-corrected chi connectivity index (χ2v) is 5.66. The van der Waals surface area contributed by atoms with E-state index in [0.29, 0.717) is 5.56 Å². The predicted octanol–water partition coefficient (Wildman–Crippen LogP) is 2.31. The van der Waals surface area contributed by atoms with E-state index in [2.05, 4.69) is 5.32 Å². The third-order valence-corrected chi connectivity index (χ3v) is 3.77. The van der Waals surface area contributed by atoms with Crippen LogP contribution in [0.15, 0.2) is 60.7 Å². The molecule has 2 aromatic carbocycles. The molecule has 1 amide bonds. The third-order valence-electron chi connectivity index (χ3n) is 3.77. The molecule has 0 spiro atoms. The van der Waals surface area contributed by atoms with Gasteiger partial charge >= 0.3 is 18.0 Å². The number of alkyl carbamates (subject to hydrolysis) is 1. The number of ether oxygens (including phenoxy) is 1. The zero-order chi connectivity index (χ0) is 18.9. The van der Waals surface area contributed by atoms with Crippen molar-refractivity contribution in [3.05, 3.63) is 71.8 Å². The van der Waals surface area contributed by atoms with E-state index in [1.54, 1.807) is 54.6 Å². The first kappa shape index (κ1) is 19.0. The summed E-state index contributed by atoms with van der Waals surface area (Å²) in [5.74, 6) is -4.09. The maximum Gasteiger partial charge on any atom is 0.408 e. The van der Waals surface area contributed by atoms with Crippen LogP contribution in [0.5, 0.6) is 0 Å². The largest absolute Gasteiger partial charge is 0.481 e. The average molecular weight is 357 g/mol. The van der Waals surface area contributed by atoms with E-state index in [1.807, 2.05) is 6.07 Å². The monoisotopic (exact) mass is 357 g/mol. The summed E-state index contributed by atoms with van der Waals surface area (Å²) < 4.78 is 4.98. The highest BCUT2D eigenvalue weighted by Gasteiger charge is 2.35. The lowest BCUT2D eigenvalue weighted by Crippen LogP contribution is -2.49. The fraction of sp³-hybridized carbons (Fsp3) is 0.211. The Morgan fingerprint density at radius 3 is 1.88 bits per heavy atom. The zero-order valence-electron chi connectivity index (χ0n) is 13.9. The third kappa shape index (κ3) is 5.62. The second kappa shape index (κ2) is 9.22. The highest BCUT2D eigenvalue weighted by Crippen LogP contribution is 2.14. The molecule has 0 aliphatic carbocycles. The van der Waals surface area contributed by atoms with Crippen molar-refractivity contribution in [2.45, 2.75) is 19.1 Å². The molecule has 0 radical (unpaired) electrons. The number of carbonyl (C=O) groups excluding carboxylic acids is 1. The van der Waals surface area contributed by atoms with Crippen LogP contribution in [-0.4, -0.2) is 34.3 Å². The number of hydrogen-bond donors (Lipinski definition) is 3. The summed E-state index contributed by atoms with van der Waals surface area (Å²) in [7, 11) is 0. The molecule has 7 nitrogen and oxygen atoms in total. The molecule has 0 saturated carbocycles. The van der Waals surface area contributed by atoms with Crippen LogP contribution in [0.2, 0.25) is 0 Å². The fourth-order valence-corrected chi connectivity index (χ4v) is 2.44. The molecule has 3 N–H and O–H groups in total. The number of benzene rings is 2. The van der Waals surface area contributed by atoms with E-state index in [-0.39, 0.29) is 13.0 Å². The molecule has 2 rings (SSSR count). The van der Waals surface area contributed by atoms with Crippen LogP contribution < -0.4 is 5.32 Å². The predicted molar refractivity (Wildman–Crippen MR) is 92.5 cm³/mol. The molecule has 0 saturated heterocycles. The van der Waals surface area contributed by atoms with Gasteiger partial charge in [-0.05, 0) is 17.5 Å². The van der Waals surface area contributed by atoms with E-state index < -0.39 is 30.0 Å². The first-order chi connectivity index (χ1) is 12.5. The van der Waals surface area contributed by atoms with Crippen molar-refractivity contribution < 1.29 is 29.3 Å². The van der Waals surface area contributed by atoms with Gasteiger partial charge in [-0.1, -0.05) is 60.7 Å². The molecule has 0 aliphatic rings. The van der Waals surface area contributed by atoms with E-state index in [1.165, 1.54) is 0 Å². The molecule has 0 fully saturated rings. The molecule has 136 valence electrons. The smallest absolute Gasteiger partial charge is 0.408 e. The zero-order valence-corrected chi connectivity index (χ0v) is 13.9. The van der Waals surface area contributed by atoms with Gasteiger partial charge in [-0.3, -0.25) is 4.79 Å². The number of carboxylic acids is 2. The quantitative estimate of drug-likeness (QED) is 0.668. The maximum atomic E-state index is 11.9. The maximum absolute atomic E-state index is 11.9. The number of carbonyl (C=O) groups is 3. The molecular formula is C19H19NO6. The first-order valence-corrected chi connectivity index (χ1v) is 7.94. The van der Waals surface area contributed by atoms with Crippen molar-refractivity contribution in [2.75, 3.05) is 0 Å². The minimum atomic E-state index is -1.61. The summed E-state index contributed by atoms with van der Waals surface area (Å²) in [4.78, 5) is 35.0. The highest BCUT2D eigenvalue weighted by molar-refractivity contribution is 5.86. The Morgan fingerprint density at radius 1 is 0.846 bits per heavy atom. The Hall–Kier alpha value is -3.35. The van der Waals surface area contributed by atoms with Crippen LogP contribution in [0.25, 0.3) is 0 Å². The number of nitrogens with one attached hydrogen (secondary N) is 1. The minimum absolute atomic E-state index is 0.0356. The van der Waals surface area contributed by atoms with Crippen LogP contribution in [0.4, 0.5) is 4.79 Å². The Kier molecular flexibility index (Phi) is 6.73. The van der Waals surface area contributed by atoms with Gasteiger partial charge in [0.25, 0.3) is 0 Å². The lowest BCUT2D eigenvalue weighted by molar-refractivity contribution is -0.150. The normalized spacial score (nSPS) is 12.6. The molecule has 0 heterocycles. The Bertz CT molecular complexity index is 747. The van der Waals surface area contributed by atoms with Gasteiger partial charge in [0.15, 0.2) is 0 Å². The van der Waals surface area contributed by atoms with Gasteiger partial charge in [0.2, 0.25) is 0 Å². The summed E-state index contributed by atoms with van der Waals surface area (Å²) in [5.41, 5.74) is 1.39. The fourth-order valence-electron chi connectivity index (χ4n) is 2.44. The summed E-state index contributed by atoms with van der Waals surface area (Å²) in [6.45, 7) is -0.0462. The van der Waals surface area contributed by atoms with Gasteiger partial charge < -0.3 is 20.3 Å². The standard InChI is InChI=1S/C19H19NO6/c21-17(22)15(11-13-7-3-1-4-8-13)16(18(23)24)20-19(25)26-12-14-9-5-2-6-10-14/h1-10,15-16H,11-12H2,(H,20,25)(H,21,22)(H,23,24). The SMILES string of the molecule is O=C(NC(C(=O)O)C(Cc1ccccc1)C(=O)O)OCc1ccccc1. The number of aliphatic carboxylic acids is 2. The number of carboxylic acid groups (broad SMARTS) is 2. The minimum Gasteiger partial charge on any atom is -0.481 e. The van der Waals surface area contributed by atoms with E-state index in [4.69, 9.17) is 4.74 Å². The van der Waals surface area contributed by atoms with Crippen molar-refractivity contribution in [3.8, 4) is 0 Å². The van der Waals surface area contributed by atoms with Gasteiger partial charge in [-0.2, -0.15) is 0 Å². The van der Waals surface area contributed by atoms with Gasteiger partial charge in [-0.15, -0.1) is 0 Å². The molecule has 0 aliphatic heterocycles. The summed E-state index contributed by atoms with van der Waals surface area (Å²) >= 11 is 0. The topological polar surface area (TPSA) is 113 Å². The molecule has 7 heteroatoms. The second-order valence-electron chi connectivity index (χ2n) is 5.66. The van der Waals surface area contributed by atoms with Crippen molar-refractivity contribution in [1.29, 1.82) is 0 Å². The Morgan fingerprint density at radius 2 is 1.38 bits per heavy atom. The summed E-state index contributed by atoms with van der Waals surface area (Å²) in [6.07, 6.45) is -1.02. The first-order valence-electron chi connectivity index (χ1n) is 7.94. The summed E-state index contributed by atoms with van der Waals surface area (Å²) in [5, 5.41) is 20.9. The van der Waals surface area contributed by atoms with Gasteiger partial charge in [0, 0.05) is 0 Å². The van der Waals surface area contributed by atoms with Crippen molar-refractivity contribution >= 4 is 18.0 Å². The van der Waals surface area contributed by atoms with Crippen molar-refractivity contribution in [1.82, 2.24) is 5.32 Å². The van der Waals surface area contributed by atoms with Crippen molar-refractivity contribution in [3.63, 3.8) is 0 Å². The van der Waals surface area contributed by atoms with E-state index in [0.717, 1.165) is 5.56 Å². The van der Waals surface area contributed by atoms with Gasteiger partial charge in [0.05, 0.1) is 5.92 Å². The Labute approximate surface area is 150 Å². The Balaban J connectivity index is 2.03. The molecule has 2 atom stereocenters. The number of amides is 1. The van der Waals surface area contributed by atoms with Crippen molar-refractivity contribution in [2.24, 2.45) is 5.92 Å². The van der Waals surface area contributed by atoms with Crippen LogP contribution in [0, 0.1) is 5.92 Å². The van der Waals surface area contributed by atoms with Crippen LogP contribution in [0.1, 0.15) is 11.1 Å². The van der Waals surface area contributed by atoms with Crippen LogP contribution >= 0.6 is 0 Å².